The lowest BCUT2D eigenvalue weighted by atomic mass is 10.0. The SMILES string of the molecule is COc1ccc(/C=C(\C(=O)[O-])c2ccc(OC)c(OC)c2)cc1. The van der Waals surface area contributed by atoms with Crippen molar-refractivity contribution < 1.29 is 24.1 Å². The molecule has 0 aliphatic heterocycles. The van der Waals surface area contributed by atoms with Gasteiger partial charge in [-0.1, -0.05) is 18.2 Å². The Kier molecular flexibility index (Phi) is 5.25. The van der Waals surface area contributed by atoms with Crippen molar-refractivity contribution in [3.8, 4) is 17.2 Å². The molecule has 0 N–H and O–H groups in total. The van der Waals surface area contributed by atoms with E-state index in [-0.39, 0.29) is 5.57 Å². The van der Waals surface area contributed by atoms with Gasteiger partial charge in [-0.25, -0.2) is 0 Å². The lowest BCUT2D eigenvalue weighted by molar-refractivity contribution is -0.295. The summed E-state index contributed by atoms with van der Waals surface area (Å²) < 4.78 is 15.4. The average molecular weight is 313 g/mol. The first kappa shape index (κ1) is 16.4. The minimum atomic E-state index is -1.27. The zero-order chi connectivity index (χ0) is 16.8. The van der Waals surface area contributed by atoms with Gasteiger partial charge in [-0.2, -0.15) is 0 Å². The maximum absolute atomic E-state index is 11.5. The molecular formula is C18H17O5-. The Bertz CT molecular complexity index is 717. The van der Waals surface area contributed by atoms with Crippen molar-refractivity contribution in [3.63, 3.8) is 0 Å². The Morgan fingerprint density at radius 1 is 0.913 bits per heavy atom. The molecule has 0 aliphatic carbocycles. The van der Waals surface area contributed by atoms with E-state index in [9.17, 15) is 9.90 Å². The van der Waals surface area contributed by atoms with E-state index in [4.69, 9.17) is 14.2 Å². The van der Waals surface area contributed by atoms with E-state index in [1.54, 1.807) is 49.6 Å². The summed E-state index contributed by atoms with van der Waals surface area (Å²) in [5, 5.41) is 11.5. The number of carboxylic acid groups (broad SMARTS) is 1. The molecular weight excluding hydrogens is 296 g/mol. The number of aliphatic carboxylic acids is 1. The molecule has 0 saturated heterocycles. The van der Waals surface area contributed by atoms with Gasteiger partial charge in [0.1, 0.15) is 5.75 Å². The van der Waals surface area contributed by atoms with E-state index in [0.29, 0.717) is 22.8 Å². The van der Waals surface area contributed by atoms with Crippen molar-refractivity contribution >= 4 is 17.6 Å². The Morgan fingerprint density at radius 2 is 1.57 bits per heavy atom. The first-order valence-electron chi connectivity index (χ1n) is 6.88. The summed E-state index contributed by atoms with van der Waals surface area (Å²) in [6.07, 6.45) is 1.54. The smallest absolute Gasteiger partial charge is 0.161 e. The highest BCUT2D eigenvalue weighted by Crippen LogP contribution is 2.31. The Labute approximate surface area is 134 Å². The molecule has 23 heavy (non-hydrogen) atoms. The molecule has 0 unspecified atom stereocenters. The van der Waals surface area contributed by atoms with Gasteiger partial charge in [0.2, 0.25) is 0 Å². The summed E-state index contributed by atoms with van der Waals surface area (Å²) in [5.41, 5.74) is 1.24. The average Bonchev–Trinajstić information content (AvgIpc) is 2.59. The number of carboxylic acids is 1. The van der Waals surface area contributed by atoms with Gasteiger partial charge in [-0.3, -0.25) is 0 Å². The van der Waals surface area contributed by atoms with Crippen LogP contribution in [0.4, 0.5) is 0 Å². The van der Waals surface area contributed by atoms with Crippen LogP contribution in [0.15, 0.2) is 42.5 Å². The summed E-state index contributed by atoms with van der Waals surface area (Å²) in [4.78, 5) is 11.5. The third kappa shape index (κ3) is 3.83. The van der Waals surface area contributed by atoms with Crippen molar-refractivity contribution in [2.45, 2.75) is 0 Å². The van der Waals surface area contributed by atoms with Crippen LogP contribution in [0.3, 0.4) is 0 Å². The molecule has 0 atom stereocenters. The molecule has 0 aromatic heterocycles. The van der Waals surface area contributed by atoms with Crippen LogP contribution in [-0.4, -0.2) is 27.3 Å². The fourth-order valence-electron chi connectivity index (χ4n) is 2.13. The molecule has 5 heteroatoms. The standard InChI is InChI=1S/C18H18O5/c1-21-14-7-4-12(5-8-14)10-15(18(19)20)13-6-9-16(22-2)17(11-13)23-3/h4-11H,1-3H3,(H,19,20)/p-1/b15-10-. The van der Waals surface area contributed by atoms with Crippen LogP contribution in [0.1, 0.15) is 11.1 Å². The lowest BCUT2D eigenvalue weighted by Crippen LogP contribution is -2.23. The van der Waals surface area contributed by atoms with Crippen LogP contribution >= 0.6 is 0 Å². The number of hydrogen-bond donors (Lipinski definition) is 0. The van der Waals surface area contributed by atoms with Gasteiger partial charge >= 0.3 is 0 Å². The van der Waals surface area contributed by atoms with Crippen molar-refractivity contribution in [2.24, 2.45) is 0 Å². The molecule has 2 aromatic carbocycles. The molecule has 2 rings (SSSR count). The molecule has 0 radical (unpaired) electrons. The maximum Gasteiger partial charge on any atom is 0.161 e. The largest absolute Gasteiger partial charge is 0.545 e. The third-order valence-electron chi connectivity index (χ3n) is 3.34. The van der Waals surface area contributed by atoms with E-state index in [2.05, 4.69) is 0 Å². The van der Waals surface area contributed by atoms with E-state index in [1.807, 2.05) is 0 Å². The molecule has 0 heterocycles. The Morgan fingerprint density at radius 3 is 2.09 bits per heavy atom. The Balaban J connectivity index is 2.45. The molecule has 120 valence electrons. The van der Waals surface area contributed by atoms with E-state index < -0.39 is 5.97 Å². The second kappa shape index (κ2) is 7.35. The second-order valence-electron chi connectivity index (χ2n) is 4.69. The minimum absolute atomic E-state index is 0.0520. The molecule has 0 spiro atoms. The lowest BCUT2D eigenvalue weighted by Gasteiger charge is -2.13. The normalized spacial score (nSPS) is 11.0. The highest BCUT2D eigenvalue weighted by Gasteiger charge is 2.09. The van der Waals surface area contributed by atoms with Crippen LogP contribution in [0.2, 0.25) is 0 Å². The summed E-state index contributed by atoms with van der Waals surface area (Å²) in [5.74, 6) is 0.404. The third-order valence-corrected chi connectivity index (χ3v) is 3.34. The number of carbonyl (C=O) groups excluding carboxylic acids is 1. The van der Waals surface area contributed by atoms with Gasteiger partial charge in [0.05, 0.1) is 27.3 Å². The van der Waals surface area contributed by atoms with Gasteiger partial charge in [0.25, 0.3) is 0 Å². The van der Waals surface area contributed by atoms with Gasteiger partial charge in [-0.15, -0.1) is 0 Å². The summed E-state index contributed by atoms with van der Waals surface area (Å²) in [7, 11) is 4.58. The van der Waals surface area contributed by atoms with Crippen LogP contribution < -0.4 is 19.3 Å². The fraction of sp³-hybridized carbons (Fsp3) is 0.167. The van der Waals surface area contributed by atoms with Crippen LogP contribution in [0.25, 0.3) is 11.6 Å². The molecule has 0 fully saturated rings. The topological polar surface area (TPSA) is 67.8 Å². The van der Waals surface area contributed by atoms with E-state index >= 15 is 0 Å². The monoisotopic (exact) mass is 313 g/mol. The van der Waals surface area contributed by atoms with E-state index in [0.717, 1.165) is 5.56 Å². The van der Waals surface area contributed by atoms with Crippen LogP contribution in [0.5, 0.6) is 17.2 Å². The van der Waals surface area contributed by atoms with Crippen molar-refractivity contribution in [3.05, 3.63) is 53.6 Å². The predicted octanol–water partition coefficient (Wildman–Crippen LogP) is 2.00. The minimum Gasteiger partial charge on any atom is -0.545 e. The van der Waals surface area contributed by atoms with E-state index in [1.165, 1.54) is 20.3 Å². The first-order chi connectivity index (χ1) is 11.1. The molecule has 2 aromatic rings. The molecule has 0 bridgehead atoms. The zero-order valence-corrected chi connectivity index (χ0v) is 13.2. The van der Waals surface area contributed by atoms with Gasteiger partial charge in [0.15, 0.2) is 11.5 Å². The quantitative estimate of drug-likeness (QED) is 0.603. The number of rotatable bonds is 6. The predicted molar refractivity (Wildman–Crippen MR) is 85.4 cm³/mol. The molecule has 0 aliphatic rings. The number of hydrogen-bond acceptors (Lipinski definition) is 5. The summed E-state index contributed by atoms with van der Waals surface area (Å²) in [6, 6.07) is 11.9. The number of carbonyl (C=O) groups is 1. The number of benzene rings is 2. The Hall–Kier alpha value is -2.95. The van der Waals surface area contributed by atoms with Crippen LogP contribution in [-0.2, 0) is 4.79 Å². The molecule has 0 saturated carbocycles. The molecule has 0 amide bonds. The number of methoxy groups -OCH3 is 3. The van der Waals surface area contributed by atoms with Crippen molar-refractivity contribution in [1.29, 1.82) is 0 Å². The first-order valence-corrected chi connectivity index (χ1v) is 6.88. The zero-order valence-electron chi connectivity index (χ0n) is 13.2. The summed E-state index contributed by atoms with van der Waals surface area (Å²) in [6.45, 7) is 0. The van der Waals surface area contributed by atoms with Gasteiger partial charge in [0, 0.05) is 5.57 Å². The highest BCUT2D eigenvalue weighted by atomic mass is 16.5. The maximum atomic E-state index is 11.5. The second-order valence-corrected chi connectivity index (χ2v) is 4.69. The fourth-order valence-corrected chi connectivity index (χ4v) is 2.13. The highest BCUT2D eigenvalue weighted by molar-refractivity contribution is 6.19. The van der Waals surface area contributed by atoms with Crippen LogP contribution in [0, 0.1) is 0 Å². The number of ether oxygens (including phenoxy) is 3. The van der Waals surface area contributed by atoms with Crippen molar-refractivity contribution in [1.82, 2.24) is 0 Å². The van der Waals surface area contributed by atoms with Crippen molar-refractivity contribution in [2.75, 3.05) is 21.3 Å². The van der Waals surface area contributed by atoms with Gasteiger partial charge in [-0.05, 0) is 41.5 Å². The summed E-state index contributed by atoms with van der Waals surface area (Å²) >= 11 is 0. The molecule has 5 nitrogen and oxygen atoms in total. The van der Waals surface area contributed by atoms with Gasteiger partial charge < -0.3 is 24.1 Å².